The number of halogens is 2. The molecule has 1 spiro atoms. The van der Waals surface area contributed by atoms with Gasteiger partial charge in [-0.25, -0.2) is 8.78 Å². The zero-order valence-corrected chi connectivity index (χ0v) is 21.3. The largest absolute Gasteiger partial charge is 0.530 e. The number of allylic oxidation sites excluding steroid dienone is 1. The Morgan fingerprint density at radius 3 is 2.54 bits per heavy atom. The van der Waals surface area contributed by atoms with Gasteiger partial charge in [0.2, 0.25) is 0 Å². The molecule has 0 aromatic rings. The van der Waals surface area contributed by atoms with Crippen LogP contribution in [0.2, 0.25) is 0 Å². The van der Waals surface area contributed by atoms with Crippen LogP contribution in [0.3, 0.4) is 0 Å². The summed E-state index contributed by atoms with van der Waals surface area (Å²) in [5.41, 5.74) is 0.601. The van der Waals surface area contributed by atoms with Crippen LogP contribution in [-0.2, 0) is 14.2 Å². The van der Waals surface area contributed by atoms with Gasteiger partial charge in [-0.3, -0.25) is 4.90 Å². The monoisotopic (exact) mass is 497 g/mol. The Bertz CT molecular complexity index is 853. The van der Waals surface area contributed by atoms with Crippen molar-refractivity contribution in [2.24, 2.45) is 17.8 Å². The lowest BCUT2D eigenvalue weighted by Crippen LogP contribution is -2.59. The number of amides is 1. The van der Waals surface area contributed by atoms with E-state index < -0.39 is 12.0 Å². The Kier molecular flexibility index (Phi) is 6.47. The van der Waals surface area contributed by atoms with Gasteiger partial charge in [0.05, 0.1) is 37.5 Å². The first kappa shape index (κ1) is 25.4. The lowest BCUT2D eigenvalue weighted by Gasteiger charge is -2.48. The van der Waals surface area contributed by atoms with Crippen molar-refractivity contribution in [3.63, 3.8) is 0 Å². The number of carbonyl (C=O) groups excluding carboxylic acids is 1. The number of ether oxygens (including phenoxy) is 3. The summed E-state index contributed by atoms with van der Waals surface area (Å²) in [7, 11) is 1.71. The molecule has 0 radical (unpaired) electrons. The van der Waals surface area contributed by atoms with E-state index in [1.54, 1.807) is 12.0 Å². The van der Waals surface area contributed by atoms with Crippen molar-refractivity contribution in [1.29, 1.82) is 0 Å². The first-order valence-electron chi connectivity index (χ1n) is 13.1. The maximum absolute atomic E-state index is 13.3. The highest BCUT2D eigenvalue weighted by atomic mass is 19.3. The predicted octanol–water partition coefficient (Wildman–Crippen LogP) is 2.69. The zero-order valence-electron chi connectivity index (χ0n) is 21.3. The van der Waals surface area contributed by atoms with Crippen LogP contribution < -0.4 is 5.11 Å². The van der Waals surface area contributed by atoms with Gasteiger partial charge in [-0.1, -0.05) is 11.6 Å². The summed E-state index contributed by atoms with van der Waals surface area (Å²) in [6.45, 7) is 7.55. The van der Waals surface area contributed by atoms with Crippen LogP contribution in [0.25, 0.3) is 0 Å². The number of likely N-dealkylation sites (tertiary alicyclic amines) is 2. The summed E-state index contributed by atoms with van der Waals surface area (Å²) in [6.07, 6.45) is 4.82. The SMILES string of the molecule is CO[C@H]1[C@@H]([C@H]2[C@H](CCN3CC(F)(F)C3)CCN2C(=O)[O-])CCC2(CO2)[C@H]1[C@@]1(C)O[C@@H]1CC=C(C)C. The van der Waals surface area contributed by atoms with Crippen LogP contribution in [0.5, 0.6) is 0 Å². The van der Waals surface area contributed by atoms with Crippen LogP contribution in [-0.4, -0.2) is 91.2 Å². The number of carbonyl (C=O) groups is 1. The fourth-order valence-corrected chi connectivity index (χ4v) is 7.49. The third kappa shape index (κ3) is 4.62. The molecule has 4 saturated heterocycles. The van der Waals surface area contributed by atoms with Crippen LogP contribution in [0.4, 0.5) is 13.6 Å². The quantitative estimate of drug-likeness (QED) is 0.379. The van der Waals surface area contributed by atoms with Crippen molar-refractivity contribution < 1.29 is 32.9 Å². The second-order valence-electron chi connectivity index (χ2n) is 11.9. The zero-order chi connectivity index (χ0) is 25.2. The summed E-state index contributed by atoms with van der Waals surface area (Å²) in [4.78, 5) is 15.4. The summed E-state index contributed by atoms with van der Waals surface area (Å²) in [6, 6.07) is -0.246. The molecular weight excluding hydrogens is 458 g/mol. The highest BCUT2D eigenvalue weighted by Crippen LogP contribution is 2.61. The Hall–Kier alpha value is -1.29. The molecule has 35 heavy (non-hydrogen) atoms. The number of hydrogen-bond acceptors (Lipinski definition) is 6. The fraction of sp³-hybridized carbons (Fsp3) is 0.885. The maximum atomic E-state index is 13.3. The van der Waals surface area contributed by atoms with E-state index in [-0.39, 0.29) is 60.3 Å². The van der Waals surface area contributed by atoms with Gasteiger partial charge in [0.25, 0.3) is 5.92 Å². The molecule has 5 aliphatic rings. The minimum Gasteiger partial charge on any atom is -0.530 e. The molecule has 0 aromatic heterocycles. The van der Waals surface area contributed by atoms with E-state index in [0.29, 0.717) is 26.1 Å². The minimum absolute atomic E-state index is 0.00763. The molecule has 1 amide bonds. The van der Waals surface area contributed by atoms with E-state index in [0.717, 1.165) is 25.7 Å². The normalized spacial score (nSPS) is 44.2. The van der Waals surface area contributed by atoms with Gasteiger partial charge in [-0.2, -0.15) is 0 Å². The highest BCUT2D eigenvalue weighted by Gasteiger charge is 2.72. The van der Waals surface area contributed by atoms with E-state index in [2.05, 4.69) is 26.8 Å². The Morgan fingerprint density at radius 2 is 1.97 bits per heavy atom. The molecule has 0 N–H and O–H groups in total. The smallest absolute Gasteiger partial charge is 0.272 e. The van der Waals surface area contributed by atoms with Gasteiger partial charge in [-0.05, 0) is 65.3 Å². The van der Waals surface area contributed by atoms with Crippen LogP contribution in [0.15, 0.2) is 11.6 Å². The lowest BCUT2D eigenvalue weighted by molar-refractivity contribution is -0.269. The molecule has 0 aromatic carbocycles. The molecule has 1 unspecified atom stereocenters. The Morgan fingerprint density at radius 1 is 1.26 bits per heavy atom. The summed E-state index contributed by atoms with van der Waals surface area (Å²) in [5.74, 6) is -2.51. The lowest BCUT2D eigenvalue weighted by atomic mass is 9.62. The predicted molar refractivity (Wildman–Crippen MR) is 123 cm³/mol. The number of methoxy groups -OCH3 is 1. The van der Waals surface area contributed by atoms with Crippen molar-refractivity contribution in [1.82, 2.24) is 9.80 Å². The molecule has 5 rings (SSSR count). The van der Waals surface area contributed by atoms with E-state index in [1.165, 1.54) is 10.5 Å². The first-order valence-corrected chi connectivity index (χ1v) is 13.1. The van der Waals surface area contributed by atoms with Crippen molar-refractivity contribution in [2.75, 3.05) is 39.9 Å². The molecular formula is C26H39F2N2O5-. The second kappa shape index (κ2) is 8.92. The number of rotatable bonds is 8. The van der Waals surface area contributed by atoms with Crippen molar-refractivity contribution >= 4 is 6.09 Å². The Labute approximate surface area is 206 Å². The molecule has 4 aliphatic heterocycles. The average Bonchev–Trinajstić information content (AvgIpc) is 3.63. The minimum atomic E-state index is -2.59. The van der Waals surface area contributed by atoms with E-state index in [1.807, 2.05) is 0 Å². The van der Waals surface area contributed by atoms with Crippen LogP contribution >= 0.6 is 0 Å². The van der Waals surface area contributed by atoms with E-state index >= 15 is 0 Å². The number of carboxylic acid groups (broad SMARTS) is 1. The van der Waals surface area contributed by atoms with Gasteiger partial charge in [0, 0.05) is 31.5 Å². The van der Waals surface area contributed by atoms with E-state index in [4.69, 9.17) is 14.2 Å². The van der Waals surface area contributed by atoms with Gasteiger partial charge in [0.15, 0.2) is 0 Å². The molecule has 9 heteroatoms. The van der Waals surface area contributed by atoms with Gasteiger partial charge >= 0.3 is 0 Å². The highest BCUT2D eigenvalue weighted by molar-refractivity contribution is 5.63. The number of nitrogens with zero attached hydrogens (tertiary/aromatic N) is 2. The molecule has 0 bridgehead atoms. The van der Waals surface area contributed by atoms with Crippen molar-refractivity contribution in [3.8, 4) is 0 Å². The number of hydrogen-bond donors (Lipinski definition) is 0. The topological polar surface area (TPSA) is 80.9 Å². The summed E-state index contributed by atoms with van der Waals surface area (Å²) >= 11 is 0. The maximum Gasteiger partial charge on any atom is 0.272 e. The average molecular weight is 498 g/mol. The van der Waals surface area contributed by atoms with Crippen LogP contribution in [0, 0.1) is 17.8 Å². The van der Waals surface area contributed by atoms with Crippen LogP contribution in [0.1, 0.15) is 52.9 Å². The summed E-state index contributed by atoms with van der Waals surface area (Å²) < 4.78 is 45.2. The third-order valence-corrected chi connectivity index (χ3v) is 9.32. The molecule has 4 heterocycles. The molecule has 7 nitrogen and oxygen atoms in total. The molecule has 1 saturated carbocycles. The summed E-state index contributed by atoms with van der Waals surface area (Å²) in [5, 5.41) is 12.1. The molecule has 1 aliphatic carbocycles. The number of alkyl halides is 2. The van der Waals surface area contributed by atoms with Gasteiger partial charge < -0.3 is 29.0 Å². The third-order valence-electron chi connectivity index (χ3n) is 9.32. The fourth-order valence-electron chi connectivity index (χ4n) is 7.49. The van der Waals surface area contributed by atoms with Gasteiger partial charge in [-0.15, -0.1) is 0 Å². The molecule has 5 fully saturated rings. The molecule has 8 atom stereocenters. The van der Waals surface area contributed by atoms with Crippen molar-refractivity contribution in [2.45, 2.75) is 88.2 Å². The standard InChI is InChI=1S/C26H40F2N2O5/c1-16(2)5-6-19-24(3,35-19)22-21(33-4)18(7-10-25(22)15-34-25)20-17(9-12-30(20)23(31)32)8-11-29-13-26(27,28)14-29/h5,17-22H,6-15H2,1-4H3,(H,31,32)/p-1/t17-,18-,19-,20-,21+,22-,24+,25?/m1/s1. The Balaban J connectivity index is 1.35. The van der Waals surface area contributed by atoms with Crippen molar-refractivity contribution in [3.05, 3.63) is 11.6 Å². The second-order valence-corrected chi connectivity index (χ2v) is 11.9. The number of epoxide rings is 2. The van der Waals surface area contributed by atoms with E-state index in [9.17, 15) is 18.7 Å². The molecule has 198 valence electrons. The van der Waals surface area contributed by atoms with Gasteiger partial charge in [0.1, 0.15) is 11.7 Å². The first-order chi connectivity index (χ1) is 16.5.